The lowest BCUT2D eigenvalue weighted by Crippen LogP contribution is -2.06. The van der Waals surface area contributed by atoms with Crippen LogP contribution in [0.4, 0.5) is 11.8 Å². The lowest BCUT2D eigenvalue weighted by molar-refractivity contribution is 0.174. The molecule has 6 nitrogen and oxygen atoms in total. The van der Waals surface area contributed by atoms with Gasteiger partial charge in [-0.3, -0.25) is 0 Å². The largest absolute Gasteiger partial charge is 0.454 e. The molecule has 0 radical (unpaired) electrons. The first kappa shape index (κ1) is 11.6. The monoisotopic (exact) mass is 258 g/mol. The van der Waals surface area contributed by atoms with Crippen LogP contribution in [0.1, 0.15) is 11.1 Å². The zero-order valence-electron chi connectivity index (χ0n) is 10.5. The van der Waals surface area contributed by atoms with Crippen LogP contribution in [0.3, 0.4) is 0 Å². The van der Waals surface area contributed by atoms with Crippen LogP contribution in [0.2, 0.25) is 0 Å². The van der Waals surface area contributed by atoms with Gasteiger partial charge in [0.1, 0.15) is 5.82 Å². The molecule has 3 rings (SSSR count). The summed E-state index contributed by atoms with van der Waals surface area (Å²) in [4.78, 5) is 8.09. The van der Waals surface area contributed by atoms with Crippen LogP contribution in [0, 0.1) is 6.92 Å². The molecule has 0 unspecified atom stereocenters. The molecule has 0 amide bonds. The van der Waals surface area contributed by atoms with E-state index in [4.69, 9.17) is 15.2 Å². The van der Waals surface area contributed by atoms with Gasteiger partial charge in [-0.25, -0.2) is 4.98 Å². The summed E-state index contributed by atoms with van der Waals surface area (Å²) in [5.41, 5.74) is 7.61. The van der Waals surface area contributed by atoms with Gasteiger partial charge < -0.3 is 20.5 Å². The van der Waals surface area contributed by atoms with E-state index in [0.29, 0.717) is 6.54 Å². The van der Waals surface area contributed by atoms with Crippen LogP contribution in [-0.2, 0) is 6.54 Å². The highest BCUT2D eigenvalue weighted by atomic mass is 16.7. The van der Waals surface area contributed by atoms with Gasteiger partial charge in [-0.1, -0.05) is 6.07 Å². The van der Waals surface area contributed by atoms with Crippen LogP contribution in [-0.4, -0.2) is 16.8 Å². The summed E-state index contributed by atoms with van der Waals surface area (Å²) in [6.45, 7) is 2.85. The molecular formula is C13H14N4O2. The summed E-state index contributed by atoms with van der Waals surface area (Å²) in [5, 5.41) is 3.23. The summed E-state index contributed by atoms with van der Waals surface area (Å²) in [5.74, 6) is 2.56. The van der Waals surface area contributed by atoms with Gasteiger partial charge in [0.2, 0.25) is 12.7 Å². The van der Waals surface area contributed by atoms with Crippen molar-refractivity contribution < 1.29 is 9.47 Å². The second-order valence-corrected chi connectivity index (χ2v) is 4.30. The minimum Gasteiger partial charge on any atom is -0.454 e. The molecule has 98 valence electrons. The van der Waals surface area contributed by atoms with Gasteiger partial charge >= 0.3 is 0 Å². The van der Waals surface area contributed by atoms with Crippen molar-refractivity contribution in [2.75, 3.05) is 17.8 Å². The fraction of sp³-hybridized carbons (Fsp3) is 0.231. The number of fused-ring (bicyclic) bond motifs is 1. The Morgan fingerprint density at radius 1 is 1.32 bits per heavy atom. The zero-order valence-corrected chi connectivity index (χ0v) is 10.5. The maximum atomic E-state index is 5.57. The van der Waals surface area contributed by atoms with Crippen molar-refractivity contribution >= 4 is 11.8 Å². The minimum absolute atomic E-state index is 0.263. The highest BCUT2D eigenvalue weighted by Crippen LogP contribution is 2.32. The average molecular weight is 258 g/mol. The molecule has 0 bridgehead atoms. The van der Waals surface area contributed by atoms with Crippen LogP contribution in [0.25, 0.3) is 0 Å². The summed E-state index contributed by atoms with van der Waals surface area (Å²) in [7, 11) is 0. The van der Waals surface area contributed by atoms with Gasteiger partial charge in [-0.05, 0) is 24.6 Å². The molecular weight excluding hydrogens is 244 g/mol. The number of benzene rings is 1. The predicted molar refractivity (Wildman–Crippen MR) is 71.1 cm³/mol. The van der Waals surface area contributed by atoms with E-state index in [0.717, 1.165) is 28.4 Å². The molecule has 0 atom stereocenters. The van der Waals surface area contributed by atoms with Gasteiger partial charge in [0.05, 0.1) is 0 Å². The molecule has 0 aliphatic carbocycles. The molecule has 0 saturated carbocycles. The Hall–Kier alpha value is -2.50. The summed E-state index contributed by atoms with van der Waals surface area (Å²) in [6, 6.07) is 5.84. The smallest absolute Gasteiger partial charge is 0.231 e. The van der Waals surface area contributed by atoms with E-state index in [1.807, 2.05) is 25.1 Å². The van der Waals surface area contributed by atoms with E-state index < -0.39 is 0 Å². The van der Waals surface area contributed by atoms with E-state index >= 15 is 0 Å². The second kappa shape index (κ2) is 4.64. The molecule has 1 aliphatic heterocycles. The van der Waals surface area contributed by atoms with E-state index in [1.165, 1.54) is 0 Å². The Bertz CT molecular complexity index is 616. The standard InChI is InChI=1S/C13H14N4O2/c1-8-5-16-13(14)17-12(8)15-6-9-2-3-10-11(4-9)19-7-18-10/h2-5H,6-7H2,1H3,(H3,14,15,16,17). The van der Waals surface area contributed by atoms with Crippen LogP contribution in [0.15, 0.2) is 24.4 Å². The average Bonchev–Trinajstić information content (AvgIpc) is 2.87. The number of hydrogen-bond donors (Lipinski definition) is 2. The second-order valence-electron chi connectivity index (χ2n) is 4.30. The lowest BCUT2D eigenvalue weighted by atomic mass is 10.2. The van der Waals surface area contributed by atoms with Crippen molar-refractivity contribution in [2.24, 2.45) is 0 Å². The van der Waals surface area contributed by atoms with Crippen molar-refractivity contribution in [1.29, 1.82) is 0 Å². The number of nitrogens with two attached hydrogens (primary N) is 1. The summed E-state index contributed by atoms with van der Waals surface area (Å²) < 4.78 is 10.6. The van der Waals surface area contributed by atoms with Gasteiger partial charge in [0.25, 0.3) is 0 Å². The number of nitrogen functional groups attached to an aromatic ring is 1. The number of hydrogen-bond acceptors (Lipinski definition) is 6. The minimum atomic E-state index is 0.263. The van der Waals surface area contributed by atoms with Gasteiger partial charge in [0, 0.05) is 18.3 Å². The number of nitrogens with one attached hydrogen (secondary N) is 1. The normalized spacial score (nSPS) is 12.5. The fourth-order valence-electron chi connectivity index (χ4n) is 1.87. The molecule has 1 aromatic carbocycles. The quantitative estimate of drug-likeness (QED) is 0.872. The Morgan fingerprint density at radius 2 is 2.16 bits per heavy atom. The number of aromatic nitrogens is 2. The lowest BCUT2D eigenvalue weighted by Gasteiger charge is -2.09. The number of rotatable bonds is 3. The van der Waals surface area contributed by atoms with Crippen molar-refractivity contribution in [2.45, 2.75) is 13.5 Å². The Balaban J connectivity index is 1.74. The van der Waals surface area contributed by atoms with E-state index in [-0.39, 0.29) is 12.7 Å². The van der Waals surface area contributed by atoms with Crippen molar-refractivity contribution in [3.63, 3.8) is 0 Å². The third-order valence-corrected chi connectivity index (χ3v) is 2.89. The molecule has 6 heteroatoms. The van der Waals surface area contributed by atoms with Gasteiger partial charge in [-0.2, -0.15) is 4.98 Å². The first-order chi connectivity index (χ1) is 9.22. The van der Waals surface area contributed by atoms with Gasteiger partial charge in [-0.15, -0.1) is 0 Å². The maximum absolute atomic E-state index is 5.57. The molecule has 1 aromatic heterocycles. The summed E-state index contributed by atoms with van der Waals surface area (Å²) in [6.07, 6.45) is 1.70. The molecule has 0 saturated heterocycles. The zero-order chi connectivity index (χ0) is 13.2. The first-order valence-electron chi connectivity index (χ1n) is 5.94. The Morgan fingerprint density at radius 3 is 3.05 bits per heavy atom. The van der Waals surface area contributed by atoms with E-state index in [2.05, 4.69) is 15.3 Å². The van der Waals surface area contributed by atoms with Crippen molar-refractivity contribution in [1.82, 2.24) is 9.97 Å². The third kappa shape index (κ3) is 2.37. The molecule has 19 heavy (non-hydrogen) atoms. The number of ether oxygens (including phenoxy) is 2. The molecule has 0 spiro atoms. The molecule has 1 aliphatic rings. The number of anilines is 2. The number of nitrogens with zero attached hydrogens (tertiary/aromatic N) is 2. The predicted octanol–water partition coefficient (Wildman–Crippen LogP) is 1.71. The first-order valence-corrected chi connectivity index (χ1v) is 5.94. The Kier molecular flexibility index (Phi) is 2.83. The Labute approximate surface area is 110 Å². The maximum Gasteiger partial charge on any atom is 0.231 e. The fourth-order valence-corrected chi connectivity index (χ4v) is 1.87. The van der Waals surface area contributed by atoms with E-state index in [1.54, 1.807) is 6.20 Å². The number of aryl methyl sites for hydroxylation is 1. The van der Waals surface area contributed by atoms with Crippen LogP contribution < -0.4 is 20.5 Å². The van der Waals surface area contributed by atoms with E-state index in [9.17, 15) is 0 Å². The van der Waals surface area contributed by atoms with Crippen molar-refractivity contribution in [3.05, 3.63) is 35.5 Å². The molecule has 0 fully saturated rings. The third-order valence-electron chi connectivity index (χ3n) is 2.89. The highest BCUT2D eigenvalue weighted by molar-refractivity contribution is 5.48. The molecule has 3 N–H and O–H groups in total. The van der Waals surface area contributed by atoms with Gasteiger partial charge in [0.15, 0.2) is 11.5 Å². The van der Waals surface area contributed by atoms with Crippen LogP contribution >= 0.6 is 0 Å². The molecule has 2 aromatic rings. The molecule has 2 heterocycles. The van der Waals surface area contributed by atoms with Crippen LogP contribution in [0.5, 0.6) is 11.5 Å². The summed E-state index contributed by atoms with van der Waals surface area (Å²) >= 11 is 0. The topological polar surface area (TPSA) is 82.3 Å². The van der Waals surface area contributed by atoms with Crippen molar-refractivity contribution in [3.8, 4) is 11.5 Å². The highest BCUT2D eigenvalue weighted by Gasteiger charge is 2.13. The SMILES string of the molecule is Cc1cnc(N)nc1NCc1ccc2c(c1)OCO2.